The summed E-state index contributed by atoms with van der Waals surface area (Å²) >= 11 is 1.71. The fourth-order valence-electron chi connectivity index (χ4n) is 1.68. The summed E-state index contributed by atoms with van der Waals surface area (Å²) in [6, 6.07) is 8.37. The van der Waals surface area contributed by atoms with Gasteiger partial charge in [0.2, 0.25) is 0 Å². The summed E-state index contributed by atoms with van der Waals surface area (Å²) < 4.78 is 5.64. The highest BCUT2D eigenvalue weighted by molar-refractivity contribution is 7.15. The van der Waals surface area contributed by atoms with E-state index in [-0.39, 0.29) is 0 Å². The highest BCUT2D eigenvalue weighted by Gasteiger charge is 2.12. The van der Waals surface area contributed by atoms with E-state index < -0.39 is 0 Å². The third-order valence-electron chi connectivity index (χ3n) is 2.80. The zero-order valence-corrected chi connectivity index (χ0v) is 11.8. The van der Waals surface area contributed by atoms with Crippen molar-refractivity contribution in [1.29, 1.82) is 0 Å². The van der Waals surface area contributed by atoms with Gasteiger partial charge in [-0.15, -0.1) is 11.3 Å². The van der Waals surface area contributed by atoms with Crippen LogP contribution >= 0.6 is 11.3 Å². The SMILES string of the molecule is CCOc1ccccc1-c1ncc(C(C)NC)s1. The Balaban J connectivity index is 2.33. The molecule has 0 bridgehead atoms. The van der Waals surface area contributed by atoms with Crippen LogP contribution in [0.3, 0.4) is 0 Å². The van der Waals surface area contributed by atoms with Crippen LogP contribution in [0, 0.1) is 0 Å². The molecule has 0 amide bonds. The largest absolute Gasteiger partial charge is 0.493 e. The van der Waals surface area contributed by atoms with Gasteiger partial charge >= 0.3 is 0 Å². The number of hydrogen-bond donors (Lipinski definition) is 1. The number of aromatic nitrogens is 1. The molecule has 18 heavy (non-hydrogen) atoms. The van der Waals surface area contributed by atoms with Crippen molar-refractivity contribution in [2.75, 3.05) is 13.7 Å². The standard InChI is InChI=1S/C14H18N2OS/c1-4-17-12-8-6-5-7-11(12)14-16-9-13(18-14)10(2)15-3/h5-10,15H,4H2,1-3H3. The topological polar surface area (TPSA) is 34.1 Å². The molecule has 0 aliphatic heterocycles. The van der Waals surface area contributed by atoms with Crippen LogP contribution in [0.2, 0.25) is 0 Å². The van der Waals surface area contributed by atoms with Crippen LogP contribution in [-0.2, 0) is 0 Å². The lowest BCUT2D eigenvalue weighted by Gasteiger charge is -2.07. The Bertz CT molecular complexity index is 510. The molecule has 1 aromatic carbocycles. The van der Waals surface area contributed by atoms with E-state index in [0.717, 1.165) is 16.3 Å². The van der Waals surface area contributed by atoms with Crippen LogP contribution in [0.15, 0.2) is 30.5 Å². The summed E-state index contributed by atoms with van der Waals surface area (Å²) in [5, 5.41) is 4.24. The van der Waals surface area contributed by atoms with Crippen molar-refractivity contribution in [3.8, 4) is 16.3 Å². The minimum atomic E-state index is 0.329. The van der Waals surface area contributed by atoms with Crippen LogP contribution in [0.4, 0.5) is 0 Å². The van der Waals surface area contributed by atoms with Gasteiger partial charge in [0.1, 0.15) is 10.8 Å². The molecule has 0 aliphatic carbocycles. The van der Waals surface area contributed by atoms with Crippen LogP contribution in [-0.4, -0.2) is 18.6 Å². The summed E-state index contributed by atoms with van der Waals surface area (Å²) in [7, 11) is 1.96. The summed E-state index contributed by atoms with van der Waals surface area (Å²) in [6.07, 6.45) is 1.93. The van der Waals surface area contributed by atoms with Crippen molar-refractivity contribution in [3.05, 3.63) is 35.3 Å². The van der Waals surface area contributed by atoms with Gasteiger partial charge in [0.25, 0.3) is 0 Å². The number of thiazole rings is 1. The molecule has 0 saturated heterocycles. The quantitative estimate of drug-likeness (QED) is 0.895. The molecule has 0 fully saturated rings. The molecular formula is C14H18N2OS. The first-order valence-corrected chi connectivity index (χ1v) is 6.93. The fraction of sp³-hybridized carbons (Fsp3) is 0.357. The zero-order chi connectivity index (χ0) is 13.0. The molecule has 2 rings (SSSR count). The molecule has 0 spiro atoms. The third-order valence-corrected chi connectivity index (χ3v) is 4.01. The van der Waals surface area contributed by atoms with Crippen LogP contribution in [0.25, 0.3) is 10.6 Å². The molecule has 1 heterocycles. The second kappa shape index (κ2) is 5.98. The van der Waals surface area contributed by atoms with E-state index >= 15 is 0 Å². The van der Waals surface area contributed by atoms with Crippen molar-refractivity contribution in [2.24, 2.45) is 0 Å². The number of nitrogens with one attached hydrogen (secondary N) is 1. The molecule has 0 saturated carbocycles. The first-order valence-electron chi connectivity index (χ1n) is 6.11. The van der Waals surface area contributed by atoms with Gasteiger partial charge in [0, 0.05) is 17.1 Å². The van der Waals surface area contributed by atoms with Gasteiger partial charge in [-0.2, -0.15) is 0 Å². The van der Waals surface area contributed by atoms with Crippen molar-refractivity contribution >= 4 is 11.3 Å². The van der Waals surface area contributed by atoms with E-state index in [2.05, 4.69) is 23.3 Å². The minimum absolute atomic E-state index is 0.329. The van der Waals surface area contributed by atoms with E-state index in [0.29, 0.717) is 12.6 Å². The molecule has 0 radical (unpaired) electrons. The Morgan fingerprint density at radius 3 is 2.89 bits per heavy atom. The number of ether oxygens (including phenoxy) is 1. The molecule has 4 heteroatoms. The number of benzene rings is 1. The van der Waals surface area contributed by atoms with E-state index in [1.165, 1.54) is 4.88 Å². The van der Waals surface area contributed by atoms with Crippen LogP contribution < -0.4 is 10.1 Å². The molecule has 96 valence electrons. The molecule has 2 aromatic rings. The fourth-order valence-corrected chi connectivity index (χ4v) is 2.69. The van der Waals surface area contributed by atoms with E-state index in [4.69, 9.17) is 4.74 Å². The zero-order valence-electron chi connectivity index (χ0n) is 10.9. The van der Waals surface area contributed by atoms with Gasteiger partial charge < -0.3 is 10.1 Å². The second-order valence-electron chi connectivity index (χ2n) is 4.01. The average Bonchev–Trinajstić information content (AvgIpc) is 2.88. The highest BCUT2D eigenvalue weighted by atomic mass is 32.1. The molecule has 1 N–H and O–H groups in total. The number of rotatable bonds is 5. The molecular weight excluding hydrogens is 244 g/mol. The molecule has 3 nitrogen and oxygen atoms in total. The number of para-hydroxylation sites is 1. The Morgan fingerprint density at radius 2 is 2.17 bits per heavy atom. The number of hydrogen-bond acceptors (Lipinski definition) is 4. The van der Waals surface area contributed by atoms with Crippen LogP contribution in [0.5, 0.6) is 5.75 Å². The maximum absolute atomic E-state index is 5.64. The predicted molar refractivity (Wildman–Crippen MR) is 76.2 cm³/mol. The van der Waals surface area contributed by atoms with Gasteiger partial charge in [-0.05, 0) is 33.0 Å². The summed E-state index contributed by atoms with van der Waals surface area (Å²) in [5.74, 6) is 0.901. The predicted octanol–water partition coefficient (Wildman–Crippen LogP) is 3.49. The molecule has 1 aromatic heterocycles. The number of nitrogens with zero attached hydrogens (tertiary/aromatic N) is 1. The Kier molecular flexibility index (Phi) is 4.33. The summed E-state index contributed by atoms with van der Waals surface area (Å²) in [6.45, 7) is 4.79. The normalized spacial score (nSPS) is 12.4. The lowest BCUT2D eigenvalue weighted by molar-refractivity contribution is 0.341. The van der Waals surface area contributed by atoms with E-state index in [1.54, 1.807) is 11.3 Å². The van der Waals surface area contributed by atoms with Crippen LogP contribution in [0.1, 0.15) is 24.8 Å². The monoisotopic (exact) mass is 262 g/mol. The smallest absolute Gasteiger partial charge is 0.129 e. The first-order chi connectivity index (χ1) is 8.76. The molecule has 0 aliphatic rings. The van der Waals surface area contributed by atoms with Gasteiger partial charge in [-0.1, -0.05) is 12.1 Å². The van der Waals surface area contributed by atoms with E-state index in [9.17, 15) is 0 Å². The summed E-state index contributed by atoms with van der Waals surface area (Å²) in [4.78, 5) is 5.73. The van der Waals surface area contributed by atoms with Crippen molar-refractivity contribution in [2.45, 2.75) is 19.9 Å². The van der Waals surface area contributed by atoms with Gasteiger partial charge in [-0.3, -0.25) is 0 Å². The highest BCUT2D eigenvalue weighted by Crippen LogP contribution is 2.34. The Hall–Kier alpha value is -1.39. The van der Waals surface area contributed by atoms with Gasteiger partial charge in [-0.25, -0.2) is 4.98 Å². The van der Waals surface area contributed by atoms with Crippen molar-refractivity contribution in [3.63, 3.8) is 0 Å². The second-order valence-corrected chi connectivity index (χ2v) is 5.07. The molecule has 1 atom stereocenters. The van der Waals surface area contributed by atoms with Gasteiger partial charge in [0.05, 0.1) is 12.2 Å². The first kappa shape index (κ1) is 13.1. The van der Waals surface area contributed by atoms with Crippen molar-refractivity contribution in [1.82, 2.24) is 10.3 Å². The van der Waals surface area contributed by atoms with E-state index in [1.807, 2.05) is 38.4 Å². The summed E-state index contributed by atoms with van der Waals surface area (Å²) in [5.41, 5.74) is 1.07. The maximum atomic E-state index is 5.64. The Labute approximate surface area is 112 Å². The lowest BCUT2D eigenvalue weighted by Crippen LogP contribution is -2.10. The lowest BCUT2D eigenvalue weighted by atomic mass is 10.2. The van der Waals surface area contributed by atoms with Gasteiger partial charge in [0.15, 0.2) is 0 Å². The third kappa shape index (κ3) is 2.71. The Morgan fingerprint density at radius 1 is 1.39 bits per heavy atom. The average molecular weight is 262 g/mol. The maximum Gasteiger partial charge on any atom is 0.129 e. The van der Waals surface area contributed by atoms with Crippen molar-refractivity contribution < 1.29 is 4.74 Å². The minimum Gasteiger partial charge on any atom is -0.493 e. The molecule has 1 unspecified atom stereocenters.